The molecule has 1 aromatic heterocycles. The zero-order valence-electron chi connectivity index (χ0n) is 12.2. The van der Waals surface area contributed by atoms with Crippen LogP contribution < -0.4 is 16.4 Å². The molecule has 0 bridgehead atoms. The second kappa shape index (κ2) is 7.19. The van der Waals surface area contributed by atoms with Crippen molar-refractivity contribution in [2.75, 3.05) is 11.9 Å². The Morgan fingerprint density at radius 2 is 2.05 bits per heavy atom. The Morgan fingerprint density at radius 1 is 1.33 bits per heavy atom. The topological polar surface area (TPSA) is 80.0 Å². The molecule has 2 atom stereocenters. The molecule has 0 saturated carbocycles. The summed E-state index contributed by atoms with van der Waals surface area (Å²) in [5.74, 6) is 0.392. The molecular weight excluding hydrogens is 284 g/mol. The average Bonchev–Trinajstić information content (AvgIpc) is 2.99. The molecule has 1 heterocycles. The number of urea groups is 1. The molecule has 2 unspecified atom stereocenters. The van der Waals surface area contributed by atoms with Gasteiger partial charge in [0.15, 0.2) is 0 Å². The lowest BCUT2D eigenvalue weighted by Gasteiger charge is -2.17. The van der Waals surface area contributed by atoms with Crippen molar-refractivity contribution in [1.82, 2.24) is 10.3 Å². The first kappa shape index (κ1) is 15.5. The van der Waals surface area contributed by atoms with Crippen molar-refractivity contribution >= 4 is 23.1 Å². The van der Waals surface area contributed by atoms with E-state index in [2.05, 4.69) is 29.5 Å². The van der Waals surface area contributed by atoms with E-state index in [1.54, 1.807) is 11.3 Å². The molecule has 0 saturated heterocycles. The minimum Gasteiger partial charge on any atom is -0.351 e. The molecule has 21 heavy (non-hydrogen) atoms. The Kier molecular flexibility index (Phi) is 5.30. The van der Waals surface area contributed by atoms with E-state index < -0.39 is 6.03 Å². The highest BCUT2D eigenvalue weighted by atomic mass is 32.1. The van der Waals surface area contributed by atoms with Gasteiger partial charge < -0.3 is 16.4 Å². The van der Waals surface area contributed by atoms with Gasteiger partial charge in [-0.2, -0.15) is 0 Å². The summed E-state index contributed by atoms with van der Waals surface area (Å²) in [7, 11) is 0. The first-order valence-electron chi connectivity index (χ1n) is 6.85. The largest absolute Gasteiger partial charge is 0.351 e. The number of amides is 2. The zero-order valence-corrected chi connectivity index (χ0v) is 13.0. The van der Waals surface area contributed by atoms with Crippen molar-refractivity contribution in [3.8, 4) is 0 Å². The summed E-state index contributed by atoms with van der Waals surface area (Å²) < 4.78 is 0. The van der Waals surface area contributed by atoms with Gasteiger partial charge in [0.2, 0.25) is 0 Å². The van der Waals surface area contributed by atoms with Crippen LogP contribution in [0.15, 0.2) is 35.8 Å². The first-order chi connectivity index (χ1) is 10.1. The number of hydrogen-bond acceptors (Lipinski definition) is 4. The molecule has 112 valence electrons. The SMILES string of the molecule is CC(CNC(C)c1ccc(NC(N)=O)cc1)c1nccs1. The minimum atomic E-state index is -0.550. The van der Waals surface area contributed by atoms with Crippen LogP contribution in [0.25, 0.3) is 0 Å². The van der Waals surface area contributed by atoms with Gasteiger partial charge in [-0.15, -0.1) is 11.3 Å². The normalized spacial score (nSPS) is 13.6. The third kappa shape index (κ3) is 4.54. The quantitative estimate of drug-likeness (QED) is 0.767. The molecule has 0 fully saturated rings. The number of thiazole rings is 1. The highest BCUT2D eigenvalue weighted by Gasteiger charge is 2.11. The maximum atomic E-state index is 10.8. The molecule has 0 aliphatic rings. The van der Waals surface area contributed by atoms with Crippen LogP contribution in [0.2, 0.25) is 0 Å². The summed E-state index contributed by atoms with van der Waals surface area (Å²) in [6.07, 6.45) is 1.84. The smallest absolute Gasteiger partial charge is 0.316 e. The summed E-state index contributed by atoms with van der Waals surface area (Å²) >= 11 is 1.68. The van der Waals surface area contributed by atoms with E-state index in [1.807, 2.05) is 35.8 Å². The number of carbonyl (C=O) groups excluding carboxylic acids is 1. The number of hydrogen-bond donors (Lipinski definition) is 3. The molecule has 5 nitrogen and oxygen atoms in total. The lowest BCUT2D eigenvalue weighted by molar-refractivity contribution is 0.259. The minimum absolute atomic E-state index is 0.232. The monoisotopic (exact) mass is 304 g/mol. The van der Waals surface area contributed by atoms with Gasteiger partial charge in [-0.1, -0.05) is 19.1 Å². The van der Waals surface area contributed by atoms with E-state index in [9.17, 15) is 4.79 Å². The van der Waals surface area contributed by atoms with Gasteiger partial charge in [-0.25, -0.2) is 9.78 Å². The Bertz CT molecular complexity index is 568. The van der Waals surface area contributed by atoms with Crippen LogP contribution in [-0.4, -0.2) is 17.6 Å². The Labute approximate surface area is 128 Å². The van der Waals surface area contributed by atoms with E-state index in [0.717, 1.165) is 17.1 Å². The predicted octanol–water partition coefficient (Wildman–Crippen LogP) is 3.09. The number of carbonyl (C=O) groups is 1. The lowest BCUT2D eigenvalue weighted by Crippen LogP contribution is -2.23. The van der Waals surface area contributed by atoms with Gasteiger partial charge in [0.1, 0.15) is 0 Å². The Hall–Kier alpha value is -1.92. The van der Waals surface area contributed by atoms with Gasteiger partial charge in [-0.3, -0.25) is 0 Å². The van der Waals surface area contributed by atoms with Gasteiger partial charge >= 0.3 is 6.03 Å². The number of rotatable bonds is 6. The standard InChI is InChI=1S/C15H20N4OS/c1-10(14-17-7-8-21-14)9-18-11(2)12-3-5-13(6-4-12)19-15(16)20/h3-8,10-11,18H,9H2,1-2H3,(H3,16,19,20). The highest BCUT2D eigenvalue weighted by molar-refractivity contribution is 7.09. The third-order valence-corrected chi connectivity index (χ3v) is 4.29. The number of nitrogens with two attached hydrogens (primary N) is 1. The van der Waals surface area contributed by atoms with Crippen molar-refractivity contribution in [3.63, 3.8) is 0 Å². The number of aromatic nitrogens is 1. The molecule has 4 N–H and O–H groups in total. The summed E-state index contributed by atoms with van der Waals surface area (Å²) in [6.45, 7) is 5.15. The van der Waals surface area contributed by atoms with Crippen molar-refractivity contribution in [1.29, 1.82) is 0 Å². The maximum absolute atomic E-state index is 10.8. The molecule has 2 aromatic rings. The summed E-state index contributed by atoms with van der Waals surface area (Å²) in [5, 5.41) is 9.20. The molecule has 0 spiro atoms. The number of primary amides is 1. The van der Waals surface area contributed by atoms with Gasteiger partial charge in [0, 0.05) is 35.8 Å². The van der Waals surface area contributed by atoms with Gasteiger partial charge in [0.05, 0.1) is 5.01 Å². The third-order valence-electron chi connectivity index (χ3n) is 3.28. The van der Waals surface area contributed by atoms with E-state index in [4.69, 9.17) is 5.73 Å². The van der Waals surface area contributed by atoms with Crippen molar-refractivity contribution in [3.05, 3.63) is 46.4 Å². The number of benzene rings is 1. The van der Waals surface area contributed by atoms with Crippen LogP contribution in [0.1, 0.15) is 36.4 Å². The highest BCUT2D eigenvalue weighted by Crippen LogP contribution is 2.19. The molecule has 2 rings (SSSR count). The van der Waals surface area contributed by atoms with E-state index in [0.29, 0.717) is 11.6 Å². The maximum Gasteiger partial charge on any atom is 0.316 e. The fourth-order valence-corrected chi connectivity index (χ4v) is 2.73. The first-order valence-corrected chi connectivity index (χ1v) is 7.73. The second-order valence-corrected chi connectivity index (χ2v) is 5.94. The van der Waals surface area contributed by atoms with Crippen LogP contribution in [0.3, 0.4) is 0 Å². The van der Waals surface area contributed by atoms with E-state index in [1.165, 1.54) is 0 Å². The zero-order chi connectivity index (χ0) is 15.2. The Morgan fingerprint density at radius 3 is 2.62 bits per heavy atom. The fourth-order valence-electron chi connectivity index (χ4n) is 2.03. The second-order valence-electron chi connectivity index (χ2n) is 5.01. The van der Waals surface area contributed by atoms with Crippen LogP contribution >= 0.6 is 11.3 Å². The van der Waals surface area contributed by atoms with E-state index in [-0.39, 0.29) is 6.04 Å². The summed E-state index contributed by atoms with van der Waals surface area (Å²) in [6, 6.07) is 7.35. The lowest BCUT2D eigenvalue weighted by atomic mass is 10.1. The van der Waals surface area contributed by atoms with Gasteiger partial charge in [0.25, 0.3) is 0 Å². The van der Waals surface area contributed by atoms with Crippen LogP contribution in [-0.2, 0) is 0 Å². The van der Waals surface area contributed by atoms with E-state index >= 15 is 0 Å². The van der Waals surface area contributed by atoms with Crippen LogP contribution in [0, 0.1) is 0 Å². The molecule has 1 aromatic carbocycles. The number of anilines is 1. The predicted molar refractivity (Wildman–Crippen MR) is 86.6 cm³/mol. The van der Waals surface area contributed by atoms with Crippen molar-refractivity contribution in [2.24, 2.45) is 5.73 Å². The average molecular weight is 304 g/mol. The van der Waals surface area contributed by atoms with Crippen LogP contribution in [0.5, 0.6) is 0 Å². The molecule has 6 heteroatoms. The molecule has 0 aliphatic carbocycles. The Balaban J connectivity index is 1.88. The molecule has 2 amide bonds. The van der Waals surface area contributed by atoms with Crippen LogP contribution in [0.4, 0.5) is 10.5 Å². The fraction of sp³-hybridized carbons (Fsp3) is 0.333. The van der Waals surface area contributed by atoms with Crippen molar-refractivity contribution < 1.29 is 4.79 Å². The molecular formula is C15H20N4OS. The number of nitrogens with zero attached hydrogens (tertiary/aromatic N) is 1. The van der Waals surface area contributed by atoms with Gasteiger partial charge in [-0.05, 0) is 24.6 Å². The number of nitrogens with one attached hydrogen (secondary N) is 2. The molecule has 0 radical (unpaired) electrons. The van der Waals surface area contributed by atoms with Crippen molar-refractivity contribution in [2.45, 2.75) is 25.8 Å². The molecule has 0 aliphatic heterocycles. The summed E-state index contributed by atoms with van der Waals surface area (Å²) in [5.41, 5.74) is 6.95. The summed E-state index contributed by atoms with van der Waals surface area (Å²) in [4.78, 5) is 15.1.